The average molecular weight is 276 g/mol. The van der Waals surface area contributed by atoms with Crippen LogP contribution in [0.15, 0.2) is 12.3 Å². The summed E-state index contributed by atoms with van der Waals surface area (Å²) in [7, 11) is 0. The Kier molecular flexibility index (Phi) is 3.34. The fraction of sp³-hybridized carbons (Fsp3) is 0.824. The maximum atomic E-state index is 12.1. The van der Waals surface area contributed by atoms with Crippen molar-refractivity contribution in [3.05, 3.63) is 12.3 Å². The first-order valence-electron chi connectivity index (χ1n) is 8.10. The Hall–Kier alpha value is -0.990. The predicted molar refractivity (Wildman–Crippen MR) is 81.2 cm³/mol. The van der Waals surface area contributed by atoms with Crippen molar-refractivity contribution >= 4 is 6.03 Å². The minimum atomic E-state index is -0.0209. The Balaban J connectivity index is 1.57. The molecule has 4 saturated carbocycles. The molecule has 0 aromatic rings. The first-order valence-corrected chi connectivity index (χ1v) is 8.10. The monoisotopic (exact) mass is 276 g/mol. The van der Waals surface area contributed by atoms with E-state index in [1.807, 2.05) is 6.08 Å². The van der Waals surface area contributed by atoms with Crippen molar-refractivity contribution in [1.82, 2.24) is 10.6 Å². The highest BCUT2D eigenvalue weighted by Crippen LogP contribution is 2.55. The maximum absolute atomic E-state index is 12.1. The summed E-state index contributed by atoms with van der Waals surface area (Å²) in [5.74, 6) is 2.60. The summed E-state index contributed by atoms with van der Waals surface area (Å²) in [6, 6.07) is -0.0209. The number of nitrogens with one attached hydrogen (secondary N) is 2. The standard InChI is InChI=1S/C17H28N2O/c1-16(2,3)4-5-18-15(20)19-17-9-12-6-13(10-17)8-14(7-12)11-17/h4-5,12-14H,6-11H2,1-3H3,(H2,18,19,20)/b5-4+. The van der Waals surface area contributed by atoms with Gasteiger partial charge in [0.2, 0.25) is 0 Å². The molecule has 0 unspecified atom stereocenters. The molecule has 4 aliphatic rings. The van der Waals surface area contributed by atoms with Crippen LogP contribution in [-0.2, 0) is 0 Å². The lowest BCUT2D eigenvalue weighted by Crippen LogP contribution is -2.61. The van der Waals surface area contributed by atoms with E-state index in [9.17, 15) is 4.79 Å². The predicted octanol–water partition coefficient (Wildman–Crippen LogP) is 3.81. The Labute approximate surface area is 122 Å². The van der Waals surface area contributed by atoms with Crippen molar-refractivity contribution in [3.63, 3.8) is 0 Å². The van der Waals surface area contributed by atoms with E-state index < -0.39 is 0 Å². The van der Waals surface area contributed by atoms with E-state index in [1.165, 1.54) is 38.5 Å². The van der Waals surface area contributed by atoms with E-state index >= 15 is 0 Å². The number of carbonyl (C=O) groups excluding carboxylic acids is 1. The minimum absolute atomic E-state index is 0.0209. The molecule has 0 aromatic heterocycles. The third-order valence-electron chi connectivity index (χ3n) is 5.21. The van der Waals surface area contributed by atoms with E-state index in [1.54, 1.807) is 6.20 Å². The van der Waals surface area contributed by atoms with E-state index in [0.29, 0.717) is 0 Å². The van der Waals surface area contributed by atoms with Gasteiger partial charge in [0, 0.05) is 11.7 Å². The van der Waals surface area contributed by atoms with Crippen LogP contribution >= 0.6 is 0 Å². The number of hydrogen-bond acceptors (Lipinski definition) is 1. The van der Waals surface area contributed by atoms with Gasteiger partial charge in [-0.3, -0.25) is 0 Å². The van der Waals surface area contributed by atoms with Gasteiger partial charge in [-0.25, -0.2) is 4.79 Å². The molecule has 0 saturated heterocycles. The van der Waals surface area contributed by atoms with Gasteiger partial charge in [-0.2, -0.15) is 0 Å². The van der Waals surface area contributed by atoms with Crippen molar-refractivity contribution in [1.29, 1.82) is 0 Å². The molecule has 3 heteroatoms. The Bertz CT molecular complexity index is 384. The average Bonchev–Trinajstić information content (AvgIpc) is 2.23. The molecule has 4 aliphatic carbocycles. The lowest BCUT2D eigenvalue weighted by molar-refractivity contribution is -0.0133. The number of carbonyl (C=O) groups is 1. The molecule has 0 aliphatic heterocycles. The van der Waals surface area contributed by atoms with Crippen LogP contribution in [0.5, 0.6) is 0 Å². The summed E-state index contributed by atoms with van der Waals surface area (Å²) >= 11 is 0. The largest absolute Gasteiger partial charge is 0.332 e. The number of hydrogen-bond donors (Lipinski definition) is 2. The Morgan fingerprint density at radius 3 is 2.00 bits per heavy atom. The summed E-state index contributed by atoms with van der Waals surface area (Å²) in [6.45, 7) is 6.38. The highest BCUT2D eigenvalue weighted by Gasteiger charge is 2.51. The van der Waals surface area contributed by atoms with E-state index in [4.69, 9.17) is 0 Å². The van der Waals surface area contributed by atoms with Gasteiger partial charge in [0.05, 0.1) is 0 Å². The molecule has 3 nitrogen and oxygen atoms in total. The first kappa shape index (κ1) is 14.0. The zero-order chi connectivity index (χ0) is 14.4. The van der Waals surface area contributed by atoms with Gasteiger partial charge >= 0.3 is 6.03 Å². The van der Waals surface area contributed by atoms with Crippen LogP contribution in [0.4, 0.5) is 4.79 Å². The highest BCUT2D eigenvalue weighted by atomic mass is 16.2. The van der Waals surface area contributed by atoms with Crippen LogP contribution in [0.25, 0.3) is 0 Å². The smallest absolute Gasteiger partial charge is 0.319 e. The van der Waals surface area contributed by atoms with Crippen molar-refractivity contribution in [3.8, 4) is 0 Å². The normalized spacial score (nSPS) is 39.2. The third-order valence-corrected chi connectivity index (χ3v) is 5.21. The van der Waals surface area contributed by atoms with Gasteiger partial charge in [0.25, 0.3) is 0 Å². The van der Waals surface area contributed by atoms with Crippen molar-refractivity contribution < 1.29 is 4.79 Å². The van der Waals surface area contributed by atoms with Gasteiger partial charge in [-0.05, 0) is 61.7 Å². The van der Waals surface area contributed by atoms with E-state index in [0.717, 1.165) is 17.8 Å². The number of rotatable bonds is 2. The zero-order valence-electron chi connectivity index (χ0n) is 13.0. The van der Waals surface area contributed by atoms with Crippen molar-refractivity contribution in [2.45, 2.75) is 64.8 Å². The summed E-state index contributed by atoms with van der Waals surface area (Å²) in [4.78, 5) is 12.1. The molecule has 0 spiro atoms. The first-order chi connectivity index (χ1) is 9.34. The van der Waals surface area contributed by atoms with Crippen LogP contribution in [0, 0.1) is 23.2 Å². The van der Waals surface area contributed by atoms with Crippen LogP contribution < -0.4 is 10.6 Å². The highest BCUT2D eigenvalue weighted by molar-refractivity contribution is 5.75. The topological polar surface area (TPSA) is 41.1 Å². The Morgan fingerprint density at radius 2 is 1.55 bits per heavy atom. The van der Waals surface area contributed by atoms with Crippen LogP contribution in [0.3, 0.4) is 0 Å². The molecule has 4 fully saturated rings. The van der Waals surface area contributed by atoms with Crippen LogP contribution in [0.2, 0.25) is 0 Å². The molecule has 2 N–H and O–H groups in total. The molecule has 4 rings (SSSR count). The van der Waals surface area contributed by atoms with Gasteiger partial charge in [0.15, 0.2) is 0 Å². The number of allylic oxidation sites excluding steroid dienone is 1. The zero-order valence-corrected chi connectivity index (χ0v) is 13.0. The Morgan fingerprint density at radius 1 is 1.05 bits per heavy atom. The summed E-state index contributed by atoms with van der Waals surface area (Å²) in [5, 5.41) is 6.19. The second-order valence-corrected chi connectivity index (χ2v) is 8.50. The summed E-state index contributed by atoms with van der Waals surface area (Å²) < 4.78 is 0. The van der Waals surface area contributed by atoms with Gasteiger partial charge < -0.3 is 10.6 Å². The fourth-order valence-corrected chi connectivity index (χ4v) is 4.91. The minimum Gasteiger partial charge on any atom is -0.332 e. The molecule has 4 bridgehead atoms. The van der Waals surface area contributed by atoms with Crippen molar-refractivity contribution in [2.24, 2.45) is 23.2 Å². The molecule has 112 valence electrons. The number of amides is 2. The summed E-state index contributed by atoms with van der Waals surface area (Å²) in [5.41, 5.74) is 0.211. The number of urea groups is 1. The summed E-state index contributed by atoms with van der Waals surface area (Å²) in [6.07, 6.45) is 11.7. The van der Waals surface area contributed by atoms with Gasteiger partial charge in [-0.1, -0.05) is 26.8 Å². The second kappa shape index (κ2) is 4.78. The molecule has 0 radical (unpaired) electrons. The van der Waals surface area contributed by atoms with Crippen LogP contribution in [0.1, 0.15) is 59.3 Å². The van der Waals surface area contributed by atoms with Crippen molar-refractivity contribution in [2.75, 3.05) is 0 Å². The maximum Gasteiger partial charge on any atom is 0.319 e. The van der Waals surface area contributed by atoms with E-state index in [-0.39, 0.29) is 17.0 Å². The quantitative estimate of drug-likeness (QED) is 0.791. The third kappa shape index (κ3) is 3.02. The second-order valence-electron chi connectivity index (χ2n) is 8.50. The molecule has 0 heterocycles. The molecule has 0 atom stereocenters. The molecule has 0 aromatic carbocycles. The van der Waals surface area contributed by atoms with Crippen LogP contribution in [-0.4, -0.2) is 11.6 Å². The van der Waals surface area contributed by atoms with Gasteiger partial charge in [-0.15, -0.1) is 0 Å². The molecular weight excluding hydrogens is 248 g/mol. The lowest BCUT2D eigenvalue weighted by atomic mass is 9.53. The molecule has 20 heavy (non-hydrogen) atoms. The lowest BCUT2D eigenvalue weighted by Gasteiger charge is -2.56. The molecular formula is C17H28N2O. The fourth-order valence-electron chi connectivity index (χ4n) is 4.91. The molecule has 2 amide bonds. The van der Waals surface area contributed by atoms with Gasteiger partial charge in [0.1, 0.15) is 0 Å². The van der Waals surface area contributed by atoms with E-state index in [2.05, 4.69) is 31.4 Å². The SMILES string of the molecule is CC(C)(C)/C=C/NC(=O)NC12CC3CC(CC(C3)C1)C2.